The lowest BCUT2D eigenvalue weighted by Gasteiger charge is -2.23. The molecule has 1 atom stereocenters. The minimum atomic E-state index is -0.0365. The van der Waals surface area contributed by atoms with Crippen LogP contribution in [0.15, 0.2) is 0 Å². The number of nitrogens with two attached hydrogens (primary N) is 1. The number of hydrogen-bond acceptors (Lipinski definition) is 3. The average molecular weight is 186 g/mol. The Bertz CT molecular complexity index is 153. The molecule has 2 N–H and O–H groups in total. The van der Waals surface area contributed by atoms with Crippen LogP contribution in [0.2, 0.25) is 0 Å². The summed E-state index contributed by atoms with van der Waals surface area (Å²) in [5, 5.41) is 0. The molecular weight excluding hydrogens is 164 g/mol. The Morgan fingerprint density at radius 1 is 1.54 bits per heavy atom. The third kappa shape index (κ3) is 4.07. The van der Waals surface area contributed by atoms with Gasteiger partial charge < -0.3 is 15.4 Å². The van der Waals surface area contributed by atoms with Gasteiger partial charge in [0, 0.05) is 25.7 Å². The van der Waals surface area contributed by atoms with Crippen LogP contribution in [-0.4, -0.2) is 43.3 Å². The molecule has 3 nitrogen and oxygen atoms in total. The minimum Gasteiger partial charge on any atom is -0.380 e. The normalized spacial score (nSPS) is 25.4. The van der Waals surface area contributed by atoms with Gasteiger partial charge in [-0.15, -0.1) is 0 Å². The first-order valence-corrected chi connectivity index (χ1v) is 5.05. The van der Waals surface area contributed by atoms with Gasteiger partial charge in [-0.05, 0) is 33.2 Å². The molecule has 0 amide bonds. The zero-order chi connectivity index (χ0) is 9.90. The second-order valence-electron chi connectivity index (χ2n) is 4.69. The molecule has 78 valence electrons. The topological polar surface area (TPSA) is 38.5 Å². The monoisotopic (exact) mass is 186 g/mol. The standard InChI is InChI=1S/C10H22N2O/c1-10(2,11)5-7-12-6-4-9(8-12)13-3/h9H,4-8,11H2,1-3H3. The maximum atomic E-state index is 5.92. The van der Waals surface area contributed by atoms with Crippen LogP contribution in [0, 0.1) is 0 Å². The fraction of sp³-hybridized carbons (Fsp3) is 1.00. The number of hydrogen-bond donors (Lipinski definition) is 1. The van der Waals surface area contributed by atoms with Crippen molar-refractivity contribution in [3.8, 4) is 0 Å². The number of rotatable bonds is 4. The predicted molar refractivity (Wildman–Crippen MR) is 54.7 cm³/mol. The fourth-order valence-corrected chi connectivity index (χ4v) is 1.64. The summed E-state index contributed by atoms with van der Waals surface area (Å²) >= 11 is 0. The van der Waals surface area contributed by atoms with Gasteiger partial charge in [0.1, 0.15) is 0 Å². The molecule has 0 aromatic rings. The van der Waals surface area contributed by atoms with Crippen molar-refractivity contribution in [2.75, 3.05) is 26.7 Å². The smallest absolute Gasteiger partial charge is 0.0710 e. The summed E-state index contributed by atoms with van der Waals surface area (Å²) < 4.78 is 5.30. The second kappa shape index (κ2) is 4.40. The van der Waals surface area contributed by atoms with Crippen molar-refractivity contribution < 1.29 is 4.74 Å². The Labute approximate surface area is 81.2 Å². The number of nitrogens with zero attached hydrogens (tertiary/aromatic N) is 1. The van der Waals surface area contributed by atoms with Crippen LogP contribution in [0.4, 0.5) is 0 Å². The molecule has 0 aliphatic carbocycles. The van der Waals surface area contributed by atoms with E-state index in [1.807, 2.05) is 0 Å². The molecule has 0 radical (unpaired) electrons. The molecule has 0 saturated carbocycles. The van der Waals surface area contributed by atoms with Crippen LogP contribution in [0.5, 0.6) is 0 Å². The number of methoxy groups -OCH3 is 1. The van der Waals surface area contributed by atoms with Gasteiger partial charge in [-0.25, -0.2) is 0 Å². The van der Waals surface area contributed by atoms with E-state index in [4.69, 9.17) is 10.5 Å². The average Bonchev–Trinajstić information content (AvgIpc) is 2.47. The molecule has 13 heavy (non-hydrogen) atoms. The number of likely N-dealkylation sites (tertiary alicyclic amines) is 1. The number of ether oxygens (including phenoxy) is 1. The van der Waals surface area contributed by atoms with Crippen molar-refractivity contribution in [3.63, 3.8) is 0 Å². The zero-order valence-corrected chi connectivity index (χ0v) is 9.05. The van der Waals surface area contributed by atoms with Crippen LogP contribution in [0.3, 0.4) is 0 Å². The van der Waals surface area contributed by atoms with Crippen LogP contribution < -0.4 is 5.73 Å². The molecule has 1 unspecified atom stereocenters. The van der Waals surface area contributed by atoms with Crippen molar-refractivity contribution in [1.29, 1.82) is 0 Å². The quantitative estimate of drug-likeness (QED) is 0.707. The summed E-state index contributed by atoms with van der Waals surface area (Å²) in [5.41, 5.74) is 5.89. The lowest BCUT2D eigenvalue weighted by Crippen LogP contribution is -2.37. The Hall–Kier alpha value is -0.120. The Balaban J connectivity index is 2.17. The van der Waals surface area contributed by atoms with Crippen LogP contribution in [-0.2, 0) is 4.74 Å². The van der Waals surface area contributed by atoms with Gasteiger partial charge in [-0.3, -0.25) is 0 Å². The van der Waals surface area contributed by atoms with E-state index in [1.54, 1.807) is 7.11 Å². The van der Waals surface area contributed by atoms with Gasteiger partial charge in [0.15, 0.2) is 0 Å². The van der Waals surface area contributed by atoms with E-state index >= 15 is 0 Å². The van der Waals surface area contributed by atoms with Crippen LogP contribution >= 0.6 is 0 Å². The van der Waals surface area contributed by atoms with Crippen molar-refractivity contribution in [1.82, 2.24) is 4.90 Å². The molecule has 3 heteroatoms. The second-order valence-corrected chi connectivity index (χ2v) is 4.69. The molecule has 0 bridgehead atoms. The molecule has 1 aliphatic heterocycles. The van der Waals surface area contributed by atoms with E-state index in [9.17, 15) is 0 Å². The third-order valence-electron chi connectivity index (χ3n) is 2.63. The molecule has 1 rings (SSSR count). The summed E-state index contributed by atoms with van der Waals surface area (Å²) in [6.07, 6.45) is 2.67. The summed E-state index contributed by atoms with van der Waals surface area (Å²) in [6.45, 7) is 7.50. The van der Waals surface area contributed by atoms with E-state index in [-0.39, 0.29) is 5.54 Å². The minimum absolute atomic E-state index is 0.0365. The summed E-state index contributed by atoms with van der Waals surface area (Å²) in [7, 11) is 1.79. The van der Waals surface area contributed by atoms with E-state index in [0.717, 1.165) is 26.1 Å². The van der Waals surface area contributed by atoms with E-state index in [2.05, 4.69) is 18.7 Å². The first-order valence-electron chi connectivity index (χ1n) is 5.05. The highest BCUT2D eigenvalue weighted by Gasteiger charge is 2.23. The highest BCUT2D eigenvalue weighted by Crippen LogP contribution is 2.14. The lowest BCUT2D eigenvalue weighted by molar-refractivity contribution is 0.107. The van der Waals surface area contributed by atoms with Gasteiger partial charge in [0.2, 0.25) is 0 Å². The highest BCUT2D eigenvalue weighted by molar-refractivity contribution is 4.79. The zero-order valence-electron chi connectivity index (χ0n) is 9.05. The first-order chi connectivity index (χ1) is 6.01. The molecule has 0 spiro atoms. The molecular formula is C10H22N2O. The molecule has 1 aliphatic rings. The fourth-order valence-electron chi connectivity index (χ4n) is 1.64. The SMILES string of the molecule is COC1CCN(CCC(C)(C)N)C1. The molecule has 1 saturated heterocycles. The van der Waals surface area contributed by atoms with Crippen molar-refractivity contribution in [2.45, 2.75) is 38.3 Å². The van der Waals surface area contributed by atoms with E-state index in [0.29, 0.717) is 6.10 Å². The third-order valence-corrected chi connectivity index (χ3v) is 2.63. The first kappa shape index (κ1) is 11.0. The largest absolute Gasteiger partial charge is 0.380 e. The maximum Gasteiger partial charge on any atom is 0.0710 e. The van der Waals surface area contributed by atoms with Crippen molar-refractivity contribution in [3.05, 3.63) is 0 Å². The van der Waals surface area contributed by atoms with Gasteiger partial charge in [0.25, 0.3) is 0 Å². The van der Waals surface area contributed by atoms with Gasteiger partial charge in [-0.1, -0.05) is 0 Å². The van der Waals surface area contributed by atoms with Crippen molar-refractivity contribution >= 4 is 0 Å². The lowest BCUT2D eigenvalue weighted by atomic mass is 10.0. The maximum absolute atomic E-state index is 5.92. The van der Waals surface area contributed by atoms with E-state index < -0.39 is 0 Å². The summed E-state index contributed by atoms with van der Waals surface area (Å²) in [4.78, 5) is 2.43. The van der Waals surface area contributed by atoms with E-state index in [1.165, 1.54) is 6.42 Å². The van der Waals surface area contributed by atoms with Gasteiger partial charge >= 0.3 is 0 Å². The van der Waals surface area contributed by atoms with Crippen LogP contribution in [0.1, 0.15) is 26.7 Å². The Morgan fingerprint density at radius 3 is 2.69 bits per heavy atom. The van der Waals surface area contributed by atoms with Gasteiger partial charge in [0.05, 0.1) is 6.10 Å². The van der Waals surface area contributed by atoms with Gasteiger partial charge in [-0.2, -0.15) is 0 Å². The Kier molecular flexibility index (Phi) is 3.71. The summed E-state index contributed by atoms with van der Waals surface area (Å²) in [6, 6.07) is 0. The van der Waals surface area contributed by atoms with Crippen molar-refractivity contribution in [2.24, 2.45) is 5.73 Å². The molecule has 0 aromatic heterocycles. The highest BCUT2D eigenvalue weighted by atomic mass is 16.5. The predicted octanol–water partition coefficient (Wildman–Crippen LogP) is 0.835. The summed E-state index contributed by atoms with van der Waals surface area (Å²) in [5.74, 6) is 0. The molecule has 0 aromatic carbocycles. The molecule has 1 heterocycles. The van der Waals surface area contributed by atoms with Crippen LogP contribution in [0.25, 0.3) is 0 Å². The Morgan fingerprint density at radius 2 is 2.23 bits per heavy atom. The molecule has 1 fully saturated rings.